The molecule has 0 aliphatic heterocycles. The monoisotopic (exact) mass is 1500 g/mol. The van der Waals surface area contributed by atoms with Gasteiger partial charge < -0.3 is 33.8 Å². The number of allylic oxidation sites excluding steroid dienone is 22. The molecule has 0 saturated carbocycles. The number of ether oxygens (including phenoxy) is 4. The molecule has 19 heteroatoms. The van der Waals surface area contributed by atoms with Crippen LogP contribution in [-0.2, 0) is 65.4 Å². The Morgan fingerprint density at radius 2 is 0.510 bits per heavy atom. The third-order valence-corrected chi connectivity index (χ3v) is 18.5. The van der Waals surface area contributed by atoms with Gasteiger partial charge in [-0.05, 0) is 161 Å². The second kappa shape index (κ2) is 76.4. The highest BCUT2D eigenvalue weighted by atomic mass is 31.2. The van der Waals surface area contributed by atoms with Crippen molar-refractivity contribution in [2.24, 2.45) is 0 Å². The second-order valence-corrected chi connectivity index (χ2v) is 29.5. The lowest BCUT2D eigenvalue weighted by atomic mass is 10.1. The van der Waals surface area contributed by atoms with Crippen LogP contribution < -0.4 is 0 Å². The number of hydrogen-bond donors (Lipinski definition) is 3. The van der Waals surface area contributed by atoms with E-state index in [4.69, 9.17) is 37.0 Å². The van der Waals surface area contributed by atoms with Crippen LogP contribution in [0.4, 0.5) is 0 Å². The quantitative estimate of drug-likeness (QED) is 0.0169. The van der Waals surface area contributed by atoms with Gasteiger partial charge in [-0.25, -0.2) is 9.13 Å². The zero-order valence-electron chi connectivity index (χ0n) is 65.2. The third kappa shape index (κ3) is 75.4. The summed E-state index contributed by atoms with van der Waals surface area (Å²) in [7, 11) is -9.98. The van der Waals surface area contributed by atoms with Crippen molar-refractivity contribution in [2.45, 2.75) is 341 Å². The predicted octanol–water partition coefficient (Wildman–Crippen LogP) is 23.7. The fourth-order valence-electron chi connectivity index (χ4n) is 10.4. The summed E-state index contributed by atoms with van der Waals surface area (Å²) in [6.45, 7) is 4.59. The average Bonchev–Trinajstić information content (AvgIpc) is 0.924. The van der Waals surface area contributed by atoms with E-state index in [9.17, 15) is 43.2 Å². The van der Waals surface area contributed by atoms with Gasteiger partial charge in [0.15, 0.2) is 12.2 Å². The molecule has 3 N–H and O–H groups in total. The summed E-state index contributed by atoms with van der Waals surface area (Å²) in [5.41, 5.74) is 0. The molecule has 0 aromatic heterocycles. The zero-order chi connectivity index (χ0) is 76.0. The predicted molar refractivity (Wildman–Crippen MR) is 427 cm³/mol. The van der Waals surface area contributed by atoms with E-state index in [1.54, 1.807) is 0 Å². The number of aliphatic hydroxyl groups excluding tert-OH is 1. The van der Waals surface area contributed by atoms with Crippen LogP contribution in [0.15, 0.2) is 134 Å². The first-order valence-corrected chi connectivity index (χ1v) is 43.4. The highest BCUT2D eigenvalue weighted by Crippen LogP contribution is 2.45. The van der Waals surface area contributed by atoms with Crippen LogP contribution in [0.25, 0.3) is 0 Å². The van der Waals surface area contributed by atoms with E-state index in [1.165, 1.54) is 51.4 Å². The van der Waals surface area contributed by atoms with Crippen molar-refractivity contribution in [3.05, 3.63) is 134 Å². The Morgan fingerprint density at radius 3 is 0.827 bits per heavy atom. The molecule has 0 bridgehead atoms. The van der Waals surface area contributed by atoms with Gasteiger partial charge in [-0.3, -0.25) is 37.3 Å². The smallest absolute Gasteiger partial charge is 0.462 e. The first-order chi connectivity index (χ1) is 50.7. The fraction of sp³-hybridized carbons (Fsp3) is 0.694. The average molecular weight is 1500 g/mol. The highest BCUT2D eigenvalue weighted by Gasteiger charge is 2.30. The van der Waals surface area contributed by atoms with Crippen LogP contribution in [0.5, 0.6) is 0 Å². The van der Waals surface area contributed by atoms with Crippen molar-refractivity contribution >= 4 is 39.5 Å². The molecular formula is C85H144O17P2. The summed E-state index contributed by atoms with van der Waals surface area (Å²) < 4.78 is 68.5. The number of phosphoric ester groups is 2. The molecule has 17 nitrogen and oxygen atoms in total. The van der Waals surface area contributed by atoms with Crippen LogP contribution in [-0.4, -0.2) is 96.7 Å². The molecule has 0 radical (unpaired) electrons. The minimum Gasteiger partial charge on any atom is -0.462 e. The molecule has 0 aliphatic rings. The van der Waals surface area contributed by atoms with Gasteiger partial charge in [0, 0.05) is 25.7 Å². The Bertz CT molecular complexity index is 2490. The molecule has 0 saturated heterocycles. The van der Waals surface area contributed by atoms with E-state index in [0.717, 1.165) is 186 Å². The van der Waals surface area contributed by atoms with Crippen molar-refractivity contribution in [1.82, 2.24) is 0 Å². The molecule has 104 heavy (non-hydrogen) atoms. The lowest BCUT2D eigenvalue weighted by molar-refractivity contribution is -0.161. The van der Waals surface area contributed by atoms with E-state index in [-0.39, 0.29) is 25.7 Å². The van der Waals surface area contributed by atoms with Crippen molar-refractivity contribution in [1.29, 1.82) is 0 Å². The zero-order valence-corrected chi connectivity index (χ0v) is 66.9. The second-order valence-electron chi connectivity index (χ2n) is 26.6. The number of hydrogen-bond acceptors (Lipinski definition) is 15. The van der Waals surface area contributed by atoms with Gasteiger partial charge in [0.1, 0.15) is 19.3 Å². The van der Waals surface area contributed by atoms with Crippen molar-refractivity contribution < 1.29 is 80.2 Å². The minimum atomic E-state index is -5.00. The fourth-order valence-corrected chi connectivity index (χ4v) is 12.0. The summed E-state index contributed by atoms with van der Waals surface area (Å²) in [6.07, 6.45) is 85.8. The van der Waals surface area contributed by atoms with Gasteiger partial charge in [-0.15, -0.1) is 0 Å². The largest absolute Gasteiger partial charge is 0.472 e. The summed E-state index contributed by atoms with van der Waals surface area (Å²) >= 11 is 0. The van der Waals surface area contributed by atoms with Gasteiger partial charge >= 0.3 is 39.5 Å². The molecule has 0 aromatic rings. The molecule has 5 unspecified atom stereocenters. The number of carbonyl (C=O) groups is 4. The SMILES string of the molecule is CC/C=C\C/C=C\C/C=C\C/C=C\CCCCC(=O)OC(COC(=O)CCCCCCCC/C=C\C/C=C\C/C=C\CCCCC)COP(=O)(O)OCC(O)COP(=O)(O)OCC(COC(=O)CCCCCCCC/C=C\C/C=C\C/C=C\CCCCC)OC(=O)CCCCCCC/C=C\CCCC. The minimum absolute atomic E-state index is 0.0365. The highest BCUT2D eigenvalue weighted by molar-refractivity contribution is 7.47. The Kier molecular flexibility index (Phi) is 72.9. The number of unbranched alkanes of at least 4 members (excludes halogenated alkanes) is 27. The third-order valence-electron chi connectivity index (χ3n) is 16.6. The molecule has 0 spiro atoms. The molecular weight excluding hydrogens is 1350 g/mol. The van der Waals surface area contributed by atoms with Crippen LogP contribution in [0, 0.1) is 0 Å². The molecule has 0 fully saturated rings. The number of esters is 4. The van der Waals surface area contributed by atoms with Gasteiger partial charge in [-0.1, -0.05) is 271 Å². The van der Waals surface area contributed by atoms with Crippen LogP contribution >= 0.6 is 15.6 Å². The van der Waals surface area contributed by atoms with E-state index in [1.807, 2.05) is 0 Å². The summed E-state index contributed by atoms with van der Waals surface area (Å²) in [5, 5.41) is 10.6. The maximum atomic E-state index is 13.1. The molecule has 0 heterocycles. The topological polar surface area (TPSA) is 237 Å². The van der Waals surface area contributed by atoms with E-state index < -0.39 is 97.5 Å². The van der Waals surface area contributed by atoms with Gasteiger partial charge in [-0.2, -0.15) is 0 Å². The van der Waals surface area contributed by atoms with Crippen molar-refractivity contribution in [2.75, 3.05) is 39.6 Å². The number of phosphoric acid groups is 2. The van der Waals surface area contributed by atoms with E-state index >= 15 is 0 Å². The van der Waals surface area contributed by atoms with E-state index in [0.29, 0.717) is 32.1 Å². The normalized spacial score (nSPS) is 14.6. The number of aliphatic hydroxyl groups is 1. The lowest BCUT2D eigenvalue weighted by Crippen LogP contribution is -2.30. The van der Waals surface area contributed by atoms with Crippen LogP contribution in [0.3, 0.4) is 0 Å². The molecule has 0 amide bonds. The van der Waals surface area contributed by atoms with Gasteiger partial charge in [0.2, 0.25) is 0 Å². The molecule has 0 aliphatic carbocycles. The van der Waals surface area contributed by atoms with Crippen molar-refractivity contribution in [3.8, 4) is 0 Å². The van der Waals surface area contributed by atoms with Crippen LogP contribution in [0.1, 0.15) is 323 Å². The maximum Gasteiger partial charge on any atom is 0.472 e. The maximum absolute atomic E-state index is 13.1. The first-order valence-electron chi connectivity index (χ1n) is 40.4. The number of rotatable bonds is 75. The summed E-state index contributed by atoms with van der Waals surface area (Å²) in [6, 6.07) is 0. The molecule has 5 atom stereocenters. The molecule has 0 rings (SSSR count). The molecule has 596 valence electrons. The number of carbonyl (C=O) groups excluding carboxylic acids is 4. The Morgan fingerprint density at radius 1 is 0.279 bits per heavy atom. The lowest BCUT2D eigenvalue weighted by Gasteiger charge is -2.21. The Labute approximate surface area is 631 Å². The Balaban J connectivity index is 5.37. The van der Waals surface area contributed by atoms with Gasteiger partial charge in [0.25, 0.3) is 0 Å². The van der Waals surface area contributed by atoms with Crippen molar-refractivity contribution in [3.63, 3.8) is 0 Å². The summed E-state index contributed by atoms with van der Waals surface area (Å²) in [5.74, 6) is -2.26. The van der Waals surface area contributed by atoms with Crippen LogP contribution in [0.2, 0.25) is 0 Å². The van der Waals surface area contributed by atoms with E-state index in [2.05, 4.69) is 161 Å². The van der Waals surface area contributed by atoms with Gasteiger partial charge in [0.05, 0.1) is 26.4 Å². The Hall–Kier alpha value is -4.80. The summed E-state index contributed by atoms with van der Waals surface area (Å²) in [4.78, 5) is 73.0. The first kappa shape index (κ1) is 99.2. The molecule has 0 aromatic carbocycles. The standard InChI is InChI=1S/C85H144O17P2/c1-5-9-13-17-21-25-29-32-35-37-39-41-44-46-50-53-57-61-65-69-82(87)95-75-80(101-84(89)71-67-63-59-55-49-28-24-20-16-12-8-4)77-99-103(91,92)97-73-79(86)74-98-104(93,94)100-78-81(102-85(90)72-68-64-60-56-52-48-43-34-31-27-23-19-15-11-7-3)76-96-83(88)70-66-62-58-54-51-47-45-42-40-38-36-33-30-26-22-18-14-10-6-2/h11,15,20-27,32-36,39-43,52,56,79-81,86H,5-10,12-14,16-19,28-31,37-38,44-51,53-55,57-78H2,1-4H3,(H,91,92)(H,93,94)/b15-11-,24-20-,25-21-,26-22-,27-23-,35-32-,36-33-,41-39-,42-40-,43-34-,56-52-.